The van der Waals surface area contributed by atoms with Crippen molar-refractivity contribution < 1.29 is 4.74 Å². The Bertz CT molecular complexity index is 524. The molecule has 0 aromatic carbocycles. The van der Waals surface area contributed by atoms with E-state index in [1.807, 2.05) is 18.3 Å². The molecule has 5 heteroatoms. The number of anilines is 1. The van der Waals surface area contributed by atoms with E-state index < -0.39 is 0 Å². The van der Waals surface area contributed by atoms with Gasteiger partial charge in [0.25, 0.3) is 0 Å². The lowest BCUT2D eigenvalue weighted by Gasteiger charge is -2.17. The van der Waals surface area contributed by atoms with Crippen molar-refractivity contribution in [3.63, 3.8) is 0 Å². The third-order valence-corrected chi connectivity index (χ3v) is 3.55. The Labute approximate surface area is 106 Å². The minimum absolute atomic E-state index is 0.399. The van der Waals surface area contributed by atoms with E-state index in [2.05, 4.69) is 22.3 Å². The van der Waals surface area contributed by atoms with Crippen molar-refractivity contribution in [2.24, 2.45) is 5.92 Å². The number of fused-ring (bicyclic) bond motifs is 1. The monoisotopic (exact) mass is 246 g/mol. The van der Waals surface area contributed by atoms with Gasteiger partial charge in [-0.15, -0.1) is 0 Å². The van der Waals surface area contributed by atoms with Crippen LogP contribution in [0.3, 0.4) is 0 Å². The van der Waals surface area contributed by atoms with Crippen LogP contribution in [0.15, 0.2) is 24.5 Å². The fourth-order valence-electron chi connectivity index (χ4n) is 2.52. The van der Waals surface area contributed by atoms with Crippen molar-refractivity contribution in [2.45, 2.75) is 25.9 Å². The Morgan fingerprint density at radius 3 is 3.33 bits per heavy atom. The van der Waals surface area contributed by atoms with E-state index in [4.69, 9.17) is 4.74 Å². The van der Waals surface area contributed by atoms with Crippen LogP contribution in [0.1, 0.15) is 19.8 Å². The van der Waals surface area contributed by atoms with Gasteiger partial charge in [0, 0.05) is 31.3 Å². The summed E-state index contributed by atoms with van der Waals surface area (Å²) in [4.78, 5) is 4.50. The van der Waals surface area contributed by atoms with Crippen LogP contribution in [0.5, 0.6) is 0 Å². The summed E-state index contributed by atoms with van der Waals surface area (Å²) < 4.78 is 7.45. The Hall–Kier alpha value is -1.62. The summed E-state index contributed by atoms with van der Waals surface area (Å²) in [5, 5.41) is 7.53. The summed E-state index contributed by atoms with van der Waals surface area (Å²) in [6.07, 6.45) is 6.30. The molecule has 1 saturated heterocycles. The molecule has 2 aromatic heterocycles. The van der Waals surface area contributed by atoms with Gasteiger partial charge >= 0.3 is 0 Å². The normalized spacial score (nSPS) is 23.6. The molecule has 0 radical (unpaired) electrons. The second-order valence-electron chi connectivity index (χ2n) is 4.69. The molecule has 5 nitrogen and oxygen atoms in total. The fourth-order valence-corrected chi connectivity index (χ4v) is 2.52. The summed E-state index contributed by atoms with van der Waals surface area (Å²) in [6.45, 7) is 4.00. The second-order valence-corrected chi connectivity index (χ2v) is 4.69. The van der Waals surface area contributed by atoms with E-state index in [-0.39, 0.29) is 0 Å². The fraction of sp³-hybridized carbons (Fsp3) is 0.538. The van der Waals surface area contributed by atoms with Crippen molar-refractivity contribution in [1.29, 1.82) is 0 Å². The molecule has 18 heavy (non-hydrogen) atoms. The smallest absolute Gasteiger partial charge is 0.157 e. The van der Waals surface area contributed by atoms with E-state index in [0.29, 0.717) is 12.0 Å². The molecule has 2 unspecified atom stereocenters. The van der Waals surface area contributed by atoms with E-state index in [9.17, 15) is 0 Å². The first-order valence-electron chi connectivity index (χ1n) is 6.52. The molecular weight excluding hydrogens is 228 g/mol. The molecule has 0 saturated carbocycles. The van der Waals surface area contributed by atoms with Gasteiger partial charge < -0.3 is 10.1 Å². The van der Waals surface area contributed by atoms with Gasteiger partial charge in [0.1, 0.15) is 5.82 Å². The molecule has 0 amide bonds. The first-order chi connectivity index (χ1) is 8.86. The highest BCUT2D eigenvalue weighted by atomic mass is 16.5. The summed E-state index contributed by atoms with van der Waals surface area (Å²) in [5.74, 6) is 1.50. The zero-order valence-corrected chi connectivity index (χ0v) is 10.5. The highest BCUT2D eigenvalue weighted by Crippen LogP contribution is 2.23. The number of ether oxygens (including phenoxy) is 1. The minimum atomic E-state index is 0.399. The molecule has 1 N–H and O–H groups in total. The van der Waals surface area contributed by atoms with Crippen LogP contribution in [0.25, 0.3) is 5.65 Å². The zero-order valence-electron chi connectivity index (χ0n) is 10.5. The van der Waals surface area contributed by atoms with E-state index in [1.165, 1.54) is 0 Å². The molecule has 2 aromatic rings. The molecule has 1 fully saturated rings. The number of hydrogen-bond donors (Lipinski definition) is 1. The molecule has 0 spiro atoms. The van der Waals surface area contributed by atoms with E-state index in [1.54, 1.807) is 10.7 Å². The first-order valence-corrected chi connectivity index (χ1v) is 6.52. The lowest BCUT2D eigenvalue weighted by molar-refractivity contribution is 0.0900. The van der Waals surface area contributed by atoms with Gasteiger partial charge in [0.2, 0.25) is 0 Å². The zero-order chi connectivity index (χ0) is 12.4. The highest BCUT2D eigenvalue weighted by Gasteiger charge is 2.26. The molecule has 3 rings (SSSR count). The van der Waals surface area contributed by atoms with Gasteiger partial charge in [-0.25, -0.2) is 9.50 Å². The van der Waals surface area contributed by atoms with E-state index >= 15 is 0 Å². The molecule has 1 aliphatic heterocycles. The molecule has 3 heterocycles. The Kier molecular flexibility index (Phi) is 3.15. The van der Waals surface area contributed by atoms with E-state index in [0.717, 1.165) is 37.5 Å². The third-order valence-electron chi connectivity index (χ3n) is 3.55. The third kappa shape index (κ3) is 2.18. The highest BCUT2D eigenvalue weighted by molar-refractivity contribution is 5.45. The number of aromatic nitrogens is 3. The van der Waals surface area contributed by atoms with Crippen LogP contribution in [-0.4, -0.2) is 33.9 Å². The maximum absolute atomic E-state index is 5.69. The van der Waals surface area contributed by atoms with Crippen LogP contribution in [0.4, 0.5) is 5.82 Å². The number of nitrogens with zero attached hydrogens (tertiary/aromatic N) is 3. The molecule has 96 valence electrons. The van der Waals surface area contributed by atoms with Gasteiger partial charge in [0.15, 0.2) is 5.65 Å². The number of nitrogens with one attached hydrogen (secondary N) is 1. The van der Waals surface area contributed by atoms with Crippen molar-refractivity contribution in [3.05, 3.63) is 24.5 Å². The maximum Gasteiger partial charge on any atom is 0.157 e. The van der Waals surface area contributed by atoms with Gasteiger partial charge in [-0.1, -0.05) is 6.92 Å². The Morgan fingerprint density at radius 2 is 2.44 bits per heavy atom. The number of hydrogen-bond acceptors (Lipinski definition) is 4. The molecular formula is C13H18N4O. The minimum Gasteiger partial charge on any atom is -0.378 e. The molecule has 0 bridgehead atoms. The first kappa shape index (κ1) is 11.5. The van der Waals surface area contributed by atoms with Crippen LogP contribution in [0, 0.1) is 5.92 Å². The summed E-state index contributed by atoms with van der Waals surface area (Å²) >= 11 is 0. The van der Waals surface area contributed by atoms with Gasteiger partial charge in [-0.3, -0.25) is 0 Å². The van der Waals surface area contributed by atoms with Crippen LogP contribution in [0.2, 0.25) is 0 Å². The quantitative estimate of drug-likeness (QED) is 0.896. The lowest BCUT2D eigenvalue weighted by atomic mass is 10.00. The predicted octanol–water partition coefficient (Wildman–Crippen LogP) is 1.96. The standard InChI is InChI=1S/C13H18N4O/c1-2-11-10(5-8-18-11)9-14-12-4-7-17-13(16-12)3-6-15-17/h3-4,6-7,10-11H,2,5,8-9H2,1H3,(H,14,16). The van der Waals surface area contributed by atoms with Crippen LogP contribution < -0.4 is 5.32 Å². The van der Waals surface area contributed by atoms with Crippen molar-refractivity contribution in [3.8, 4) is 0 Å². The predicted molar refractivity (Wildman–Crippen MR) is 69.6 cm³/mol. The lowest BCUT2D eigenvalue weighted by Crippen LogP contribution is -2.23. The Morgan fingerprint density at radius 1 is 1.50 bits per heavy atom. The summed E-state index contributed by atoms with van der Waals surface area (Å²) in [5.41, 5.74) is 0.870. The molecule has 1 aliphatic rings. The molecule has 0 aliphatic carbocycles. The molecule has 2 atom stereocenters. The van der Waals surface area contributed by atoms with Gasteiger partial charge in [0.05, 0.1) is 12.3 Å². The number of rotatable bonds is 4. The Balaban J connectivity index is 1.65. The van der Waals surface area contributed by atoms with Crippen LogP contribution in [-0.2, 0) is 4.74 Å². The topological polar surface area (TPSA) is 51.5 Å². The van der Waals surface area contributed by atoms with Crippen molar-refractivity contribution >= 4 is 11.5 Å². The summed E-state index contributed by atoms with van der Waals surface area (Å²) in [7, 11) is 0. The average molecular weight is 246 g/mol. The van der Waals surface area contributed by atoms with Crippen molar-refractivity contribution in [1.82, 2.24) is 14.6 Å². The average Bonchev–Trinajstić information content (AvgIpc) is 3.04. The largest absolute Gasteiger partial charge is 0.378 e. The van der Waals surface area contributed by atoms with Gasteiger partial charge in [-0.2, -0.15) is 5.10 Å². The second kappa shape index (κ2) is 4.94. The summed E-state index contributed by atoms with van der Waals surface area (Å²) in [6, 6.07) is 3.86. The maximum atomic E-state index is 5.69. The SMILES string of the molecule is CCC1OCCC1CNc1ccn2nccc2n1. The van der Waals surface area contributed by atoms with Gasteiger partial charge in [-0.05, 0) is 18.9 Å². The van der Waals surface area contributed by atoms with Crippen molar-refractivity contribution in [2.75, 3.05) is 18.5 Å². The van der Waals surface area contributed by atoms with Crippen LogP contribution >= 0.6 is 0 Å².